The average molecular weight is 125 g/mol. The molecule has 0 aromatic rings. The lowest BCUT2D eigenvalue weighted by atomic mass is 9.91. The zero-order chi connectivity index (χ0) is 6.85. The minimum atomic E-state index is 0.356. The summed E-state index contributed by atoms with van der Waals surface area (Å²) in [6.45, 7) is 4.33. The highest BCUT2D eigenvalue weighted by atomic mass is 14.6. The minimum Gasteiger partial charge on any atom is -0.328 e. The molecular weight excluding hydrogens is 110 g/mol. The first-order valence-electron chi connectivity index (χ1n) is 3.64. The van der Waals surface area contributed by atoms with E-state index in [4.69, 9.17) is 5.73 Å². The summed E-state index contributed by atoms with van der Waals surface area (Å²) >= 11 is 0. The van der Waals surface area contributed by atoms with Crippen LogP contribution in [0.3, 0.4) is 0 Å². The Morgan fingerprint density at radius 3 is 2.56 bits per heavy atom. The molecule has 1 heteroatoms. The molecule has 9 heavy (non-hydrogen) atoms. The Morgan fingerprint density at radius 1 is 1.67 bits per heavy atom. The Bertz CT molecular complexity index is 116. The van der Waals surface area contributed by atoms with E-state index >= 15 is 0 Å². The topological polar surface area (TPSA) is 26.0 Å². The van der Waals surface area contributed by atoms with E-state index in [2.05, 4.69) is 26.0 Å². The van der Waals surface area contributed by atoms with Crippen molar-refractivity contribution in [3.05, 3.63) is 12.2 Å². The molecule has 0 aromatic heterocycles. The predicted octanol–water partition coefficient (Wildman–Crippen LogP) is 1.55. The fraction of sp³-hybridized carbons (Fsp3) is 0.750. The second-order valence-corrected chi connectivity index (χ2v) is 3.05. The summed E-state index contributed by atoms with van der Waals surface area (Å²) in [7, 11) is 0. The van der Waals surface area contributed by atoms with Crippen molar-refractivity contribution in [2.24, 2.45) is 17.6 Å². The van der Waals surface area contributed by atoms with E-state index in [1.54, 1.807) is 0 Å². The molecule has 1 rings (SSSR count). The van der Waals surface area contributed by atoms with Gasteiger partial charge in [-0.25, -0.2) is 0 Å². The quantitative estimate of drug-likeness (QED) is 0.529. The highest BCUT2D eigenvalue weighted by Crippen LogP contribution is 2.26. The second kappa shape index (κ2) is 2.53. The van der Waals surface area contributed by atoms with E-state index in [-0.39, 0.29) is 0 Å². The van der Waals surface area contributed by atoms with Gasteiger partial charge in [0.15, 0.2) is 0 Å². The zero-order valence-corrected chi connectivity index (χ0v) is 6.17. The Morgan fingerprint density at radius 2 is 2.33 bits per heavy atom. The van der Waals surface area contributed by atoms with Crippen LogP contribution in [0.1, 0.15) is 20.3 Å². The Kier molecular flexibility index (Phi) is 1.91. The lowest BCUT2D eigenvalue weighted by molar-refractivity contribution is 0.386. The lowest BCUT2D eigenvalue weighted by Gasteiger charge is -2.18. The van der Waals surface area contributed by atoms with Crippen molar-refractivity contribution in [3.63, 3.8) is 0 Å². The summed E-state index contributed by atoms with van der Waals surface area (Å²) in [6, 6.07) is 0.356. The van der Waals surface area contributed by atoms with Crippen molar-refractivity contribution in [1.29, 1.82) is 0 Å². The Hall–Kier alpha value is -0.300. The van der Waals surface area contributed by atoms with Crippen molar-refractivity contribution in [1.82, 2.24) is 0 Å². The normalized spacial score (nSPS) is 37.2. The molecule has 1 aliphatic rings. The van der Waals surface area contributed by atoms with Crippen molar-refractivity contribution in [2.45, 2.75) is 26.3 Å². The van der Waals surface area contributed by atoms with Gasteiger partial charge in [-0.3, -0.25) is 0 Å². The van der Waals surface area contributed by atoms with Crippen LogP contribution in [0.15, 0.2) is 12.2 Å². The smallest absolute Gasteiger partial charge is 0.00472 e. The maximum absolute atomic E-state index is 5.75. The van der Waals surface area contributed by atoms with Gasteiger partial charge >= 0.3 is 0 Å². The molecule has 0 aromatic carbocycles. The third-order valence-corrected chi connectivity index (χ3v) is 2.20. The van der Waals surface area contributed by atoms with E-state index in [1.807, 2.05) is 0 Å². The SMILES string of the molecule is CC(N)C1CC=CC1C. The largest absolute Gasteiger partial charge is 0.328 e. The fourth-order valence-corrected chi connectivity index (χ4v) is 1.50. The van der Waals surface area contributed by atoms with Gasteiger partial charge in [0.05, 0.1) is 0 Å². The van der Waals surface area contributed by atoms with Crippen LogP contribution >= 0.6 is 0 Å². The number of rotatable bonds is 1. The summed E-state index contributed by atoms with van der Waals surface area (Å²) in [5.74, 6) is 1.40. The molecule has 3 atom stereocenters. The molecule has 0 amide bonds. The minimum absolute atomic E-state index is 0.356. The maximum Gasteiger partial charge on any atom is 0.00472 e. The van der Waals surface area contributed by atoms with Gasteiger partial charge in [-0.15, -0.1) is 0 Å². The first-order chi connectivity index (χ1) is 4.22. The van der Waals surface area contributed by atoms with Gasteiger partial charge in [0, 0.05) is 6.04 Å². The van der Waals surface area contributed by atoms with Crippen LogP contribution in [0, 0.1) is 11.8 Å². The molecule has 0 saturated heterocycles. The number of nitrogens with two attached hydrogens (primary N) is 1. The van der Waals surface area contributed by atoms with Crippen molar-refractivity contribution in [2.75, 3.05) is 0 Å². The molecule has 1 nitrogen and oxygen atoms in total. The number of hydrogen-bond donors (Lipinski definition) is 1. The highest BCUT2D eigenvalue weighted by molar-refractivity contribution is 5.01. The molecule has 2 N–H and O–H groups in total. The Labute approximate surface area is 56.9 Å². The summed E-state index contributed by atoms with van der Waals surface area (Å²) in [6.07, 6.45) is 5.67. The van der Waals surface area contributed by atoms with Crippen LogP contribution in [0.2, 0.25) is 0 Å². The van der Waals surface area contributed by atoms with Crippen LogP contribution in [-0.2, 0) is 0 Å². The van der Waals surface area contributed by atoms with Crippen LogP contribution in [0.4, 0.5) is 0 Å². The summed E-state index contributed by atoms with van der Waals surface area (Å²) in [4.78, 5) is 0. The summed E-state index contributed by atoms with van der Waals surface area (Å²) < 4.78 is 0. The number of hydrogen-bond acceptors (Lipinski definition) is 1. The molecule has 0 saturated carbocycles. The van der Waals surface area contributed by atoms with E-state index in [0.717, 1.165) is 0 Å². The maximum atomic E-state index is 5.75. The molecule has 3 unspecified atom stereocenters. The third kappa shape index (κ3) is 1.33. The first kappa shape index (κ1) is 6.81. The molecule has 0 spiro atoms. The molecule has 0 radical (unpaired) electrons. The van der Waals surface area contributed by atoms with E-state index in [9.17, 15) is 0 Å². The van der Waals surface area contributed by atoms with E-state index in [0.29, 0.717) is 17.9 Å². The monoisotopic (exact) mass is 125 g/mol. The van der Waals surface area contributed by atoms with Crippen molar-refractivity contribution >= 4 is 0 Å². The summed E-state index contributed by atoms with van der Waals surface area (Å²) in [5.41, 5.74) is 5.75. The first-order valence-corrected chi connectivity index (χ1v) is 3.64. The van der Waals surface area contributed by atoms with Gasteiger partial charge in [0.1, 0.15) is 0 Å². The molecule has 0 aliphatic heterocycles. The standard InChI is InChI=1S/C8H15N/c1-6-4-3-5-8(6)7(2)9/h3-4,6-8H,5,9H2,1-2H3. The molecule has 1 aliphatic carbocycles. The van der Waals surface area contributed by atoms with Gasteiger partial charge in [0.25, 0.3) is 0 Å². The molecule has 52 valence electrons. The molecule has 0 heterocycles. The lowest BCUT2D eigenvalue weighted by Crippen LogP contribution is -2.28. The third-order valence-electron chi connectivity index (χ3n) is 2.20. The van der Waals surface area contributed by atoms with Gasteiger partial charge in [-0.1, -0.05) is 19.1 Å². The zero-order valence-electron chi connectivity index (χ0n) is 6.17. The fourth-order valence-electron chi connectivity index (χ4n) is 1.50. The number of allylic oxidation sites excluding steroid dienone is 2. The van der Waals surface area contributed by atoms with Crippen LogP contribution in [0.5, 0.6) is 0 Å². The highest BCUT2D eigenvalue weighted by Gasteiger charge is 2.21. The second-order valence-electron chi connectivity index (χ2n) is 3.05. The molecule has 0 bridgehead atoms. The Balaban J connectivity index is 2.45. The van der Waals surface area contributed by atoms with Crippen LogP contribution < -0.4 is 5.73 Å². The van der Waals surface area contributed by atoms with Gasteiger partial charge in [0.2, 0.25) is 0 Å². The summed E-state index contributed by atoms with van der Waals surface area (Å²) in [5, 5.41) is 0. The predicted molar refractivity (Wildman–Crippen MR) is 40.1 cm³/mol. The van der Waals surface area contributed by atoms with Gasteiger partial charge in [-0.05, 0) is 25.2 Å². The van der Waals surface area contributed by atoms with Crippen LogP contribution in [0.25, 0.3) is 0 Å². The molecular formula is C8H15N. The van der Waals surface area contributed by atoms with E-state index in [1.165, 1.54) is 6.42 Å². The molecule has 0 fully saturated rings. The van der Waals surface area contributed by atoms with E-state index < -0.39 is 0 Å². The van der Waals surface area contributed by atoms with Crippen LogP contribution in [-0.4, -0.2) is 6.04 Å². The average Bonchev–Trinajstić information content (AvgIpc) is 2.13. The van der Waals surface area contributed by atoms with Crippen molar-refractivity contribution < 1.29 is 0 Å². The van der Waals surface area contributed by atoms with Gasteiger partial charge in [-0.2, -0.15) is 0 Å². The van der Waals surface area contributed by atoms with Gasteiger partial charge < -0.3 is 5.73 Å². The van der Waals surface area contributed by atoms with Crippen molar-refractivity contribution in [3.8, 4) is 0 Å².